The molecule has 5 heteroatoms. The lowest BCUT2D eigenvalue weighted by atomic mass is 10.1. The first kappa shape index (κ1) is 19.2. The molecule has 0 aromatic heterocycles. The second-order valence-corrected chi connectivity index (χ2v) is 6.12. The average molecular weight is 375 g/mol. The SMILES string of the molecule is COc1cccc(C=NCc2ccccc2)c1OCc1ccc(C(=O)O)cc1. The minimum absolute atomic E-state index is 0.245. The van der Waals surface area contributed by atoms with E-state index in [0.717, 1.165) is 16.7 Å². The van der Waals surface area contributed by atoms with Gasteiger partial charge >= 0.3 is 5.97 Å². The van der Waals surface area contributed by atoms with Crippen molar-refractivity contribution >= 4 is 12.2 Å². The maximum atomic E-state index is 11.0. The molecule has 0 atom stereocenters. The highest BCUT2D eigenvalue weighted by atomic mass is 16.5. The molecule has 0 fully saturated rings. The monoisotopic (exact) mass is 375 g/mol. The molecule has 0 amide bonds. The van der Waals surface area contributed by atoms with Gasteiger partial charge in [-0.2, -0.15) is 0 Å². The molecule has 0 saturated heterocycles. The van der Waals surface area contributed by atoms with Gasteiger partial charge in [-0.1, -0.05) is 48.5 Å². The first-order valence-electron chi connectivity index (χ1n) is 8.83. The normalized spacial score (nSPS) is 10.8. The number of ether oxygens (including phenoxy) is 2. The lowest BCUT2D eigenvalue weighted by Gasteiger charge is -2.13. The zero-order valence-electron chi connectivity index (χ0n) is 15.5. The average Bonchev–Trinajstić information content (AvgIpc) is 2.73. The molecular formula is C23H21NO4. The number of hydrogen-bond acceptors (Lipinski definition) is 4. The molecule has 3 aromatic rings. The quantitative estimate of drug-likeness (QED) is 0.585. The van der Waals surface area contributed by atoms with E-state index in [9.17, 15) is 4.79 Å². The van der Waals surface area contributed by atoms with Crippen LogP contribution in [0, 0.1) is 0 Å². The Labute approximate surface area is 163 Å². The summed E-state index contributed by atoms with van der Waals surface area (Å²) in [5.74, 6) is 0.268. The van der Waals surface area contributed by atoms with Crippen molar-refractivity contribution in [2.75, 3.05) is 7.11 Å². The lowest BCUT2D eigenvalue weighted by Crippen LogP contribution is -2.02. The second-order valence-electron chi connectivity index (χ2n) is 6.12. The van der Waals surface area contributed by atoms with Crippen LogP contribution in [0.5, 0.6) is 11.5 Å². The highest BCUT2D eigenvalue weighted by molar-refractivity contribution is 5.87. The standard InChI is InChI=1S/C23H21NO4/c1-27-21-9-5-8-20(15-24-14-17-6-3-2-4-7-17)22(21)28-16-18-10-12-19(13-11-18)23(25)26/h2-13,15H,14,16H2,1H3,(H,25,26). The Hall–Kier alpha value is -3.60. The fraction of sp³-hybridized carbons (Fsp3) is 0.130. The van der Waals surface area contributed by atoms with Crippen molar-refractivity contribution in [1.29, 1.82) is 0 Å². The van der Waals surface area contributed by atoms with E-state index < -0.39 is 5.97 Å². The lowest BCUT2D eigenvalue weighted by molar-refractivity contribution is 0.0697. The number of methoxy groups -OCH3 is 1. The van der Waals surface area contributed by atoms with E-state index in [1.807, 2.05) is 48.5 Å². The zero-order chi connectivity index (χ0) is 19.8. The Morgan fingerprint density at radius 2 is 1.71 bits per heavy atom. The number of nitrogens with zero attached hydrogens (tertiary/aromatic N) is 1. The van der Waals surface area contributed by atoms with Gasteiger partial charge in [0.15, 0.2) is 11.5 Å². The van der Waals surface area contributed by atoms with Crippen molar-refractivity contribution < 1.29 is 19.4 Å². The van der Waals surface area contributed by atoms with E-state index in [1.165, 1.54) is 0 Å². The van der Waals surface area contributed by atoms with Gasteiger partial charge in [-0.25, -0.2) is 4.79 Å². The van der Waals surface area contributed by atoms with E-state index >= 15 is 0 Å². The Bertz CT molecular complexity index is 950. The van der Waals surface area contributed by atoms with Crippen LogP contribution in [0.25, 0.3) is 0 Å². The van der Waals surface area contributed by atoms with E-state index in [4.69, 9.17) is 14.6 Å². The highest BCUT2D eigenvalue weighted by Crippen LogP contribution is 2.31. The summed E-state index contributed by atoms with van der Waals surface area (Å²) in [5, 5.41) is 8.99. The molecule has 0 heterocycles. The summed E-state index contributed by atoms with van der Waals surface area (Å²) < 4.78 is 11.4. The molecule has 5 nitrogen and oxygen atoms in total. The molecule has 0 saturated carbocycles. The minimum Gasteiger partial charge on any atom is -0.493 e. The van der Waals surface area contributed by atoms with Crippen molar-refractivity contribution in [3.05, 3.63) is 95.1 Å². The number of carboxylic acid groups (broad SMARTS) is 1. The van der Waals surface area contributed by atoms with Gasteiger partial charge in [0, 0.05) is 11.8 Å². The number of para-hydroxylation sites is 1. The van der Waals surface area contributed by atoms with Crippen LogP contribution in [0.3, 0.4) is 0 Å². The smallest absolute Gasteiger partial charge is 0.335 e. The van der Waals surface area contributed by atoms with Crippen LogP contribution in [0.15, 0.2) is 77.8 Å². The number of rotatable bonds is 8. The fourth-order valence-electron chi connectivity index (χ4n) is 2.68. The van der Waals surface area contributed by atoms with Gasteiger partial charge in [0.25, 0.3) is 0 Å². The van der Waals surface area contributed by atoms with Crippen molar-refractivity contribution in [3.63, 3.8) is 0 Å². The van der Waals surface area contributed by atoms with Crippen molar-refractivity contribution in [2.24, 2.45) is 4.99 Å². The predicted molar refractivity (Wildman–Crippen MR) is 108 cm³/mol. The molecular weight excluding hydrogens is 354 g/mol. The van der Waals surface area contributed by atoms with Crippen LogP contribution in [-0.4, -0.2) is 24.4 Å². The third-order valence-corrected chi connectivity index (χ3v) is 4.16. The third kappa shape index (κ3) is 4.98. The second kappa shape index (κ2) is 9.37. The fourth-order valence-corrected chi connectivity index (χ4v) is 2.68. The molecule has 0 aliphatic carbocycles. The van der Waals surface area contributed by atoms with Gasteiger partial charge in [-0.15, -0.1) is 0 Å². The van der Waals surface area contributed by atoms with Crippen molar-refractivity contribution in [1.82, 2.24) is 0 Å². The van der Waals surface area contributed by atoms with Gasteiger partial charge in [0.05, 0.1) is 19.2 Å². The summed E-state index contributed by atoms with van der Waals surface area (Å²) >= 11 is 0. The minimum atomic E-state index is -0.950. The predicted octanol–water partition coefficient (Wildman–Crippen LogP) is 4.59. The number of aromatic carboxylic acids is 1. The number of carboxylic acids is 1. The molecule has 0 radical (unpaired) electrons. The number of carbonyl (C=O) groups is 1. The number of aliphatic imine (C=N–C) groups is 1. The van der Waals surface area contributed by atoms with Gasteiger partial charge in [0.1, 0.15) is 6.61 Å². The molecule has 1 N–H and O–H groups in total. The first-order valence-corrected chi connectivity index (χ1v) is 8.83. The van der Waals surface area contributed by atoms with Crippen molar-refractivity contribution in [3.8, 4) is 11.5 Å². The molecule has 0 aliphatic heterocycles. The molecule has 0 spiro atoms. The van der Waals surface area contributed by atoms with Crippen LogP contribution in [0.2, 0.25) is 0 Å². The third-order valence-electron chi connectivity index (χ3n) is 4.16. The Morgan fingerprint density at radius 1 is 0.964 bits per heavy atom. The molecule has 0 unspecified atom stereocenters. The highest BCUT2D eigenvalue weighted by Gasteiger charge is 2.10. The molecule has 0 aliphatic rings. The molecule has 3 rings (SSSR count). The van der Waals surface area contributed by atoms with Gasteiger partial charge < -0.3 is 14.6 Å². The van der Waals surface area contributed by atoms with Crippen molar-refractivity contribution in [2.45, 2.75) is 13.2 Å². The Balaban J connectivity index is 1.74. The van der Waals surface area contributed by atoms with Crippen LogP contribution in [-0.2, 0) is 13.2 Å². The van der Waals surface area contributed by atoms with Gasteiger partial charge in [-0.3, -0.25) is 4.99 Å². The number of hydrogen-bond donors (Lipinski definition) is 1. The summed E-state index contributed by atoms with van der Waals surface area (Å²) in [5.41, 5.74) is 3.05. The summed E-state index contributed by atoms with van der Waals surface area (Å²) in [7, 11) is 1.59. The summed E-state index contributed by atoms with van der Waals surface area (Å²) in [6, 6.07) is 22.2. The first-order chi connectivity index (χ1) is 13.7. The van der Waals surface area contributed by atoms with E-state index in [1.54, 1.807) is 37.6 Å². The van der Waals surface area contributed by atoms with Crippen LogP contribution in [0.1, 0.15) is 27.0 Å². The maximum Gasteiger partial charge on any atom is 0.335 e. The molecule has 3 aromatic carbocycles. The maximum absolute atomic E-state index is 11.0. The van der Waals surface area contributed by atoms with E-state index in [2.05, 4.69) is 4.99 Å². The molecule has 28 heavy (non-hydrogen) atoms. The Kier molecular flexibility index (Phi) is 6.41. The zero-order valence-corrected chi connectivity index (χ0v) is 15.5. The van der Waals surface area contributed by atoms with E-state index in [0.29, 0.717) is 24.7 Å². The molecule has 142 valence electrons. The largest absolute Gasteiger partial charge is 0.493 e. The topological polar surface area (TPSA) is 68.1 Å². The molecule has 0 bridgehead atoms. The van der Waals surface area contributed by atoms with Gasteiger partial charge in [-0.05, 0) is 35.4 Å². The van der Waals surface area contributed by atoms with Crippen LogP contribution < -0.4 is 9.47 Å². The summed E-state index contributed by atoms with van der Waals surface area (Å²) in [6.07, 6.45) is 1.78. The van der Waals surface area contributed by atoms with Gasteiger partial charge in [0.2, 0.25) is 0 Å². The summed E-state index contributed by atoms with van der Waals surface area (Å²) in [6.45, 7) is 0.869. The Morgan fingerprint density at radius 3 is 2.39 bits per heavy atom. The van der Waals surface area contributed by atoms with E-state index in [-0.39, 0.29) is 5.56 Å². The van der Waals surface area contributed by atoms with Crippen LogP contribution >= 0.6 is 0 Å². The summed E-state index contributed by atoms with van der Waals surface area (Å²) in [4.78, 5) is 15.5. The van der Waals surface area contributed by atoms with Crippen LogP contribution in [0.4, 0.5) is 0 Å². The number of benzene rings is 3.